The van der Waals surface area contributed by atoms with Gasteiger partial charge in [0.25, 0.3) is 5.91 Å². The van der Waals surface area contributed by atoms with Crippen LogP contribution < -0.4 is 15.0 Å². The van der Waals surface area contributed by atoms with Crippen LogP contribution in [0.15, 0.2) is 60.8 Å². The van der Waals surface area contributed by atoms with Crippen LogP contribution in [-0.4, -0.2) is 49.5 Å². The molecule has 0 fully saturated rings. The van der Waals surface area contributed by atoms with E-state index in [0.717, 1.165) is 17.7 Å². The lowest BCUT2D eigenvalue weighted by Gasteiger charge is -2.23. The van der Waals surface area contributed by atoms with Crippen molar-refractivity contribution in [1.29, 1.82) is 0 Å². The van der Waals surface area contributed by atoms with E-state index in [4.69, 9.17) is 16.3 Å². The zero-order valence-electron chi connectivity index (χ0n) is 19.3. The van der Waals surface area contributed by atoms with E-state index in [1.54, 1.807) is 35.4 Å². The number of nitrogens with one attached hydrogen (secondary N) is 1. The molecular formula is C26H28ClFN4O2. The summed E-state index contributed by atoms with van der Waals surface area (Å²) < 4.78 is 20.0. The van der Waals surface area contributed by atoms with Crippen molar-refractivity contribution in [1.82, 2.24) is 15.2 Å². The Kier molecular flexibility index (Phi) is 7.65. The van der Waals surface area contributed by atoms with E-state index in [1.165, 1.54) is 12.1 Å². The summed E-state index contributed by atoms with van der Waals surface area (Å²) in [6.07, 6.45) is 2.04. The number of carbonyl (C=O) groups excluding carboxylic acids is 1. The fourth-order valence-corrected chi connectivity index (χ4v) is 4.27. The minimum atomic E-state index is -0.322. The molecule has 0 bridgehead atoms. The molecule has 4 rings (SSSR count). The highest BCUT2D eigenvalue weighted by Crippen LogP contribution is 2.30. The Morgan fingerprint density at radius 2 is 2.03 bits per heavy atom. The van der Waals surface area contributed by atoms with Gasteiger partial charge in [0.15, 0.2) is 0 Å². The Bertz CT molecular complexity index is 1160. The van der Waals surface area contributed by atoms with Crippen LogP contribution in [0.1, 0.15) is 34.0 Å². The van der Waals surface area contributed by atoms with Crippen LogP contribution >= 0.6 is 11.6 Å². The monoisotopic (exact) mass is 482 g/mol. The number of likely N-dealkylation sites (N-methyl/N-ethyl adjacent to an activating group) is 1. The van der Waals surface area contributed by atoms with Gasteiger partial charge in [-0.25, -0.2) is 9.37 Å². The molecule has 178 valence electrons. The molecule has 0 spiro atoms. The average Bonchev–Trinajstić information content (AvgIpc) is 2.95. The number of hydrogen-bond acceptors (Lipinski definition) is 5. The first kappa shape index (κ1) is 24.0. The maximum atomic E-state index is 13.8. The molecule has 8 heteroatoms. The van der Waals surface area contributed by atoms with Crippen molar-refractivity contribution in [3.05, 3.63) is 88.3 Å². The summed E-state index contributed by atoms with van der Waals surface area (Å²) in [5.41, 5.74) is 2.18. The van der Waals surface area contributed by atoms with Gasteiger partial charge < -0.3 is 19.9 Å². The number of fused-ring (bicyclic) bond motifs is 1. The van der Waals surface area contributed by atoms with Gasteiger partial charge in [-0.3, -0.25) is 4.79 Å². The Hall–Kier alpha value is -3.16. The summed E-state index contributed by atoms with van der Waals surface area (Å²) >= 11 is 6.61. The Labute approximate surface area is 204 Å². The second kappa shape index (κ2) is 10.8. The van der Waals surface area contributed by atoms with E-state index >= 15 is 0 Å². The number of nitrogens with zero attached hydrogens (tertiary/aromatic N) is 3. The molecule has 2 heterocycles. The first-order chi connectivity index (χ1) is 16.5. The molecule has 1 N–H and O–H groups in total. The van der Waals surface area contributed by atoms with Gasteiger partial charge in [-0.1, -0.05) is 29.8 Å². The summed E-state index contributed by atoms with van der Waals surface area (Å²) in [7, 11) is 3.80. The minimum Gasteiger partial charge on any atom is -0.486 e. The molecule has 1 amide bonds. The minimum absolute atomic E-state index is 0.0675. The van der Waals surface area contributed by atoms with Crippen LogP contribution in [-0.2, 0) is 6.54 Å². The van der Waals surface area contributed by atoms with Gasteiger partial charge in [0.2, 0.25) is 0 Å². The van der Waals surface area contributed by atoms with Gasteiger partial charge in [-0.05, 0) is 61.1 Å². The number of anilines is 1. The van der Waals surface area contributed by atoms with Crippen molar-refractivity contribution >= 4 is 23.3 Å². The molecule has 3 aromatic rings. The molecule has 6 nitrogen and oxygen atoms in total. The number of amides is 1. The molecule has 0 saturated carbocycles. The molecule has 0 unspecified atom stereocenters. The van der Waals surface area contributed by atoms with E-state index < -0.39 is 0 Å². The van der Waals surface area contributed by atoms with Gasteiger partial charge in [0, 0.05) is 44.3 Å². The number of hydrogen-bond donors (Lipinski definition) is 1. The number of rotatable bonds is 8. The van der Waals surface area contributed by atoms with Crippen LogP contribution in [0.5, 0.6) is 5.75 Å². The third-order valence-corrected chi connectivity index (χ3v) is 6.26. The maximum absolute atomic E-state index is 13.8. The van der Waals surface area contributed by atoms with Crippen molar-refractivity contribution in [3.8, 4) is 5.75 Å². The van der Waals surface area contributed by atoms with Crippen molar-refractivity contribution in [2.24, 2.45) is 0 Å². The topological polar surface area (TPSA) is 57.7 Å². The summed E-state index contributed by atoms with van der Waals surface area (Å²) in [6, 6.07) is 15.5. The Morgan fingerprint density at radius 3 is 2.79 bits per heavy atom. The first-order valence-corrected chi connectivity index (χ1v) is 11.6. The first-order valence-electron chi connectivity index (χ1n) is 11.3. The number of aromatic nitrogens is 1. The van der Waals surface area contributed by atoms with Crippen LogP contribution in [0, 0.1) is 5.82 Å². The highest BCUT2D eigenvalue weighted by molar-refractivity contribution is 6.31. The zero-order valence-corrected chi connectivity index (χ0v) is 20.1. The Morgan fingerprint density at radius 1 is 1.18 bits per heavy atom. The predicted molar refractivity (Wildman–Crippen MR) is 132 cm³/mol. The van der Waals surface area contributed by atoms with E-state index in [2.05, 4.69) is 10.3 Å². The number of benzene rings is 2. The van der Waals surface area contributed by atoms with Crippen LogP contribution in [0.25, 0.3) is 0 Å². The van der Waals surface area contributed by atoms with Crippen molar-refractivity contribution < 1.29 is 13.9 Å². The molecule has 0 saturated heterocycles. The van der Waals surface area contributed by atoms with Gasteiger partial charge >= 0.3 is 0 Å². The SMILES string of the molecule is CNCC[C@H](Oc1ccc(CN2CCN(C)c3ncccc3C2=O)c(Cl)c1)c1cccc(F)c1. The quantitative estimate of drug-likeness (QED) is 0.504. The third-order valence-electron chi connectivity index (χ3n) is 5.91. The van der Waals surface area contributed by atoms with Gasteiger partial charge in [-0.15, -0.1) is 0 Å². The molecule has 1 aliphatic rings. The van der Waals surface area contributed by atoms with Crippen LogP contribution in [0.3, 0.4) is 0 Å². The zero-order chi connectivity index (χ0) is 24.1. The normalized spacial score (nSPS) is 14.5. The highest BCUT2D eigenvalue weighted by Gasteiger charge is 2.26. The lowest BCUT2D eigenvalue weighted by atomic mass is 10.1. The predicted octanol–water partition coefficient (Wildman–Crippen LogP) is 4.70. The molecule has 0 aliphatic carbocycles. The number of ether oxygens (including phenoxy) is 1. The van der Waals surface area contributed by atoms with Crippen molar-refractivity contribution in [2.45, 2.75) is 19.1 Å². The molecule has 0 radical (unpaired) electrons. The van der Waals surface area contributed by atoms with E-state index in [9.17, 15) is 9.18 Å². The van der Waals surface area contributed by atoms with E-state index in [1.807, 2.05) is 37.2 Å². The number of halogens is 2. The van der Waals surface area contributed by atoms with E-state index in [-0.39, 0.29) is 17.8 Å². The summed E-state index contributed by atoms with van der Waals surface area (Å²) in [5.74, 6) is 0.918. The second-order valence-electron chi connectivity index (χ2n) is 8.33. The average molecular weight is 483 g/mol. The molecule has 1 atom stereocenters. The van der Waals surface area contributed by atoms with Crippen LogP contribution in [0.4, 0.5) is 10.2 Å². The fraction of sp³-hybridized carbons (Fsp3) is 0.308. The molecule has 1 aromatic heterocycles. The summed E-state index contributed by atoms with van der Waals surface area (Å²) in [5, 5.41) is 3.62. The number of carbonyl (C=O) groups is 1. The standard InChI is InChI=1S/C26H28ClFN4O2/c1-29-12-10-24(18-5-3-6-20(28)15-18)34-21-9-8-19(23(27)16-21)17-32-14-13-31(2)25-22(26(32)33)7-4-11-30-25/h3-9,11,15-16,24,29H,10,12-14,17H2,1-2H3/t24-/m0/s1. The Balaban J connectivity index is 1.51. The van der Waals surface area contributed by atoms with Crippen LogP contribution in [0.2, 0.25) is 5.02 Å². The van der Waals surface area contributed by atoms with Gasteiger partial charge in [-0.2, -0.15) is 0 Å². The molecule has 2 aromatic carbocycles. The third kappa shape index (κ3) is 5.48. The molecule has 1 aliphatic heterocycles. The van der Waals surface area contributed by atoms with Gasteiger partial charge in [0.05, 0.1) is 5.56 Å². The lowest BCUT2D eigenvalue weighted by Crippen LogP contribution is -2.33. The molecule has 34 heavy (non-hydrogen) atoms. The summed E-state index contributed by atoms with van der Waals surface area (Å²) in [4.78, 5) is 21.3. The summed E-state index contributed by atoms with van der Waals surface area (Å²) in [6.45, 7) is 2.34. The smallest absolute Gasteiger partial charge is 0.257 e. The second-order valence-corrected chi connectivity index (χ2v) is 8.74. The largest absolute Gasteiger partial charge is 0.486 e. The van der Waals surface area contributed by atoms with E-state index in [0.29, 0.717) is 48.2 Å². The highest BCUT2D eigenvalue weighted by atomic mass is 35.5. The fourth-order valence-electron chi connectivity index (χ4n) is 4.04. The van der Waals surface area contributed by atoms with Gasteiger partial charge in [0.1, 0.15) is 23.5 Å². The van der Waals surface area contributed by atoms with Crippen molar-refractivity contribution in [3.63, 3.8) is 0 Å². The maximum Gasteiger partial charge on any atom is 0.257 e. The number of pyridine rings is 1. The lowest BCUT2D eigenvalue weighted by molar-refractivity contribution is 0.0754. The molecular weight excluding hydrogens is 455 g/mol. The van der Waals surface area contributed by atoms with Crippen molar-refractivity contribution in [2.75, 3.05) is 38.6 Å².